The smallest absolute Gasteiger partial charge is 0.0376 e. The second-order valence-electron chi connectivity index (χ2n) is 3.48. The highest BCUT2D eigenvalue weighted by Gasteiger charge is 2.15. The third-order valence-electron chi connectivity index (χ3n) is 2.38. The molecule has 13 heavy (non-hydrogen) atoms. The molecule has 0 aliphatic heterocycles. The number of benzene rings is 1. The van der Waals surface area contributed by atoms with Gasteiger partial charge in [0.1, 0.15) is 0 Å². The van der Waals surface area contributed by atoms with Gasteiger partial charge >= 0.3 is 0 Å². The largest absolute Gasteiger partial charge is 0.123 e. The van der Waals surface area contributed by atoms with E-state index in [4.69, 9.17) is 11.6 Å². The summed E-state index contributed by atoms with van der Waals surface area (Å²) in [4.78, 5) is 0. The Morgan fingerprint density at radius 2 is 1.85 bits per heavy atom. The first-order valence-corrected chi connectivity index (χ1v) is 5.38. The van der Waals surface area contributed by atoms with Crippen LogP contribution in [0, 0.1) is 0 Å². The summed E-state index contributed by atoms with van der Waals surface area (Å²) in [7, 11) is 0. The van der Waals surface area contributed by atoms with E-state index in [9.17, 15) is 0 Å². The number of alkyl halides is 1. The van der Waals surface area contributed by atoms with Gasteiger partial charge in [0.15, 0.2) is 0 Å². The number of hydrogen-bond acceptors (Lipinski definition) is 0. The lowest BCUT2D eigenvalue weighted by atomic mass is 9.92. The predicted octanol–water partition coefficient (Wildman–Crippen LogP) is 4.20. The van der Waals surface area contributed by atoms with Crippen molar-refractivity contribution in [3.8, 4) is 0 Å². The minimum absolute atomic E-state index is 0.224. The summed E-state index contributed by atoms with van der Waals surface area (Å²) in [5, 5.41) is 0.224. The Morgan fingerprint density at radius 1 is 1.23 bits per heavy atom. The van der Waals surface area contributed by atoms with E-state index in [2.05, 4.69) is 38.1 Å². The van der Waals surface area contributed by atoms with Gasteiger partial charge in [-0.25, -0.2) is 0 Å². The van der Waals surface area contributed by atoms with Crippen molar-refractivity contribution in [1.29, 1.82) is 0 Å². The average Bonchev–Trinajstić information content (AvgIpc) is 2.15. The van der Waals surface area contributed by atoms with Crippen molar-refractivity contribution in [3.05, 3.63) is 35.9 Å². The number of halogens is 1. The molecule has 0 bridgehead atoms. The second kappa shape index (κ2) is 5.29. The molecule has 2 atom stereocenters. The van der Waals surface area contributed by atoms with Gasteiger partial charge in [0, 0.05) is 5.38 Å². The van der Waals surface area contributed by atoms with Crippen LogP contribution in [0.2, 0.25) is 0 Å². The summed E-state index contributed by atoms with van der Waals surface area (Å²) in [5.74, 6) is 0.507. The molecule has 0 heterocycles. The van der Waals surface area contributed by atoms with Crippen LogP contribution in [0.5, 0.6) is 0 Å². The molecule has 0 saturated heterocycles. The van der Waals surface area contributed by atoms with Crippen molar-refractivity contribution in [2.24, 2.45) is 0 Å². The zero-order valence-electron chi connectivity index (χ0n) is 8.33. The highest BCUT2D eigenvalue weighted by Crippen LogP contribution is 2.27. The first-order valence-electron chi connectivity index (χ1n) is 4.94. The molecule has 72 valence electrons. The average molecular weight is 197 g/mol. The summed E-state index contributed by atoms with van der Waals surface area (Å²) in [6.45, 7) is 4.28. The lowest BCUT2D eigenvalue weighted by Gasteiger charge is -2.18. The van der Waals surface area contributed by atoms with Gasteiger partial charge in [-0.1, -0.05) is 43.7 Å². The highest BCUT2D eigenvalue weighted by atomic mass is 35.5. The molecule has 2 unspecified atom stereocenters. The third kappa shape index (κ3) is 3.04. The molecule has 0 N–H and O–H groups in total. The fourth-order valence-electron chi connectivity index (χ4n) is 1.67. The van der Waals surface area contributed by atoms with Gasteiger partial charge in [-0.3, -0.25) is 0 Å². The molecular weight excluding hydrogens is 180 g/mol. The van der Waals surface area contributed by atoms with E-state index in [-0.39, 0.29) is 5.38 Å². The quantitative estimate of drug-likeness (QED) is 0.634. The van der Waals surface area contributed by atoms with Crippen LogP contribution in [0.4, 0.5) is 0 Å². The summed E-state index contributed by atoms with van der Waals surface area (Å²) in [6.07, 6.45) is 2.37. The van der Waals surface area contributed by atoms with E-state index in [0.29, 0.717) is 5.92 Å². The SMILES string of the molecule is CCCC(c1ccccc1)C(C)Cl. The van der Waals surface area contributed by atoms with E-state index in [1.54, 1.807) is 0 Å². The van der Waals surface area contributed by atoms with Crippen molar-refractivity contribution in [1.82, 2.24) is 0 Å². The topological polar surface area (TPSA) is 0 Å². The highest BCUT2D eigenvalue weighted by molar-refractivity contribution is 6.20. The Bertz CT molecular complexity index is 228. The lowest BCUT2D eigenvalue weighted by Crippen LogP contribution is -2.08. The molecule has 0 radical (unpaired) electrons. The van der Waals surface area contributed by atoms with Crippen LogP contribution in [0.1, 0.15) is 38.2 Å². The molecule has 0 aromatic heterocycles. The number of hydrogen-bond donors (Lipinski definition) is 0. The minimum atomic E-state index is 0.224. The minimum Gasteiger partial charge on any atom is -0.123 e. The van der Waals surface area contributed by atoms with Crippen molar-refractivity contribution in [3.63, 3.8) is 0 Å². The number of rotatable bonds is 4. The van der Waals surface area contributed by atoms with E-state index < -0.39 is 0 Å². The molecule has 1 rings (SSSR count). The molecule has 0 amide bonds. The molecule has 1 aromatic carbocycles. The van der Waals surface area contributed by atoms with Gasteiger partial charge in [0.25, 0.3) is 0 Å². The van der Waals surface area contributed by atoms with Crippen LogP contribution in [0.3, 0.4) is 0 Å². The monoisotopic (exact) mass is 196 g/mol. The second-order valence-corrected chi connectivity index (χ2v) is 4.17. The molecular formula is C12H17Cl. The standard InChI is InChI=1S/C12H17Cl/c1-3-7-12(10(2)13)11-8-5-4-6-9-11/h4-6,8-10,12H,3,7H2,1-2H3. The van der Waals surface area contributed by atoms with E-state index >= 15 is 0 Å². The molecule has 0 spiro atoms. The zero-order valence-corrected chi connectivity index (χ0v) is 9.09. The van der Waals surface area contributed by atoms with Gasteiger partial charge in [0.2, 0.25) is 0 Å². The molecule has 0 nitrogen and oxygen atoms in total. The van der Waals surface area contributed by atoms with Gasteiger partial charge in [0.05, 0.1) is 0 Å². The molecule has 1 heteroatoms. The third-order valence-corrected chi connectivity index (χ3v) is 2.69. The van der Waals surface area contributed by atoms with Crippen LogP contribution >= 0.6 is 11.6 Å². The van der Waals surface area contributed by atoms with E-state index in [1.165, 1.54) is 18.4 Å². The predicted molar refractivity (Wildman–Crippen MR) is 59.4 cm³/mol. The van der Waals surface area contributed by atoms with Gasteiger partial charge in [-0.2, -0.15) is 0 Å². The fraction of sp³-hybridized carbons (Fsp3) is 0.500. The van der Waals surface area contributed by atoms with Gasteiger partial charge in [-0.15, -0.1) is 11.6 Å². The molecule has 0 aliphatic carbocycles. The van der Waals surface area contributed by atoms with Crippen molar-refractivity contribution in [2.75, 3.05) is 0 Å². The van der Waals surface area contributed by atoms with E-state index in [0.717, 1.165) is 0 Å². The first-order chi connectivity index (χ1) is 6.25. The summed E-state index contributed by atoms with van der Waals surface area (Å²) in [6, 6.07) is 10.5. The summed E-state index contributed by atoms with van der Waals surface area (Å²) >= 11 is 6.16. The van der Waals surface area contributed by atoms with Crippen LogP contribution in [0.15, 0.2) is 30.3 Å². The van der Waals surface area contributed by atoms with Crippen molar-refractivity contribution < 1.29 is 0 Å². The fourth-order valence-corrected chi connectivity index (χ4v) is 1.94. The van der Waals surface area contributed by atoms with Gasteiger partial charge in [-0.05, 0) is 24.8 Å². The molecule has 0 saturated carbocycles. The lowest BCUT2D eigenvalue weighted by molar-refractivity contribution is 0.602. The van der Waals surface area contributed by atoms with Gasteiger partial charge < -0.3 is 0 Å². The van der Waals surface area contributed by atoms with Crippen molar-refractivity contribution >= 4 is 11.6 Å². The Kier molecular flexibility index (Phi) is 4.31. The maximum Gasteiger partial charge on any atom is 0.0376 e. The summed E-state index contributed by atoms with van der Waals surface area (Å²) in [5.41, 5.74) is 1.37. The van der Waals surface area contributed by atoms with Crippen LogP contribution in [-0.2, 0) is 0 Å². The maximum absolute atomic E-state index is 6.16. The normalized spacial score (nSPS) is 15.3. The molecule has 1 aromatic rings. The van der Waals surface area contributed by atoms with Crippen LogP contribution in [-0.4, -0.2) is 5.38 Å². The Labute approximate surface area is 85.9 Å². The van der Waals surface area contributed by atoms with E-state index in [1.807, 2.05) is 6.07 Å². The molecule has 0 aliphatic rings. The Hall–Kier alpha value is -0.490. The maximum atomic E-state index is 6.16. The van der Waals surface area contributed by atoms with Crippen LogP contribution < -0.4 is 0 Å². The molecule has 0 fully saturated rings. The first kappa shape index (κ1) is 10.6. The zero-order chi connectivity index (χ0) is 9.68. The Balaban J connectivity index is 2.76. The Morgan fingerprint density at radius 3 is 2.31 bits per heavy atom. The van der Waals surface area contributed by atoms with Crippen molar-refractivity contribution in [2.45, 2.75) is 38.0 Å². The van der Waals surface area contributed by atoms with Crippen LogP contribution in [0.25, 0.3) is 0 Å². The summed E-state index contributed by atoms with van der Waals surface area (Å²) < 4.78 is 0.